The Balaban J connectivity index is 2.08. The molecule has 1 aliphatic rings. The molecule has 0 aliphatic carbocycles. The van der Waals surface area contributed by atoms with Gasteiger partial charge in [0.15, 0.2) is 0 Å². The summed E-state index contributed by atoms with van der Waals surface area (Å²) in [6.45, 7) is 2.66. The minimum atomic E-state index is -3.66. The highest BCUT2D eigenvalue weighted by atomic mass is 32.2. The molecular formula is C12H16N2O3S. The van der Waals surface area contributed by atoms with E-state index in [1.54, 1.807) is 31.2 Å². The van der Waals surface area contributed by atoms with Gasteiger partial charge in [-0.15, -0.1) is 0 Å². The number of benzene rings is 1. The van der Waals surface area contributed by atoms with Gasteiger partial charge in [-0.2, -0.15) is 0 Å². The van der Waals surface area contributed by atoms with E-state index in [0.717, 1.165) is 0 Å². The van der Waals surface area contributed by atoms with E-state index in [1.165, 1.54) is 0 Å². The smallest absolute Gasteiger partial charge is 0.241 e. The Kier molecular flexibility index (Phi) is 3.68. The van der Waals surface area contributed by atoms with E-state index < -0.39 is 21.2 Å². The fourth-order valence-corrected chi connectivity index (χ4v) is 2.83. The van der Waals surface area contributed by atoms with Gasteiger partial charge in [0.1, 0.15) is 5.25 Å². The number of sulfonamides is 1. The summed E-state index contributed by atoms with van der Waals surface area (Å²) < 4.78 is 26.2. The zero-order valence-electron chi connectivity index (χ0n) is 10.1. The molecule has 5 nitrogen and oxygen atoms in total. The zero-order chi connectivity index (χ0) is 13.2. The summed E-state index contributed by atoms with van der Waals surface area (Å²) in [6, 6.07) is 8.85. The topological polar surface area (TPSA) is 75.3 Å². The number of rotatable bonds is 4. The SMILES string of the molecule is CC(c1ccccc1)S(=O)(=O)NC(=O)C1CNC1. The highest BCUT2D eigenvalue weighted by Crippen LogP contribution is 2.20. The number of nitrogens with one attached hydrogen (secondary N) is 2. The quantitative estimate of drug-likeness (QED) is 0.829. The van der Waals surface area contributed by atoms with Crippen molar-refractivity contribution in [3.05, 3.63) is 35.9 Å². The number of carbonyl (C=O) groups excluding carboxylic acids is 1. The van der Waals surface area contributed by atoms with Crippen molar-refractivity contribution in [2.75, 3.05) is 13.1 Å². The summed E-state index contributed by atoms with van der Waals surface area (Å²) in [6.07, 6.45) is 0. The zero-order valence-corrected chi connectivity index (χ0v) is 10.9. The van der Waals surface area contributed by atoms with Crippen molar-refractivity contribution < 1.29 is 13.2 Å². The van der Waals surface area contributed by atoms with Crippen molar-refractivity contribution in [2.24, 2.45) is 5.92 Å². The van der Waals surface area contributed by atoms with Gasteiger partial charge < -0.3 is 5.32 Å². The van der Waals surface area contributed by atoms with E-state index in [9.17, 15) is 13.2 Å². The van der Waals surface area contributed by atoms with Crippen LogP contribution in [0, 0.1) is 5.92 Å². The second-order valence-electron chi connectivity index (χ2n) is 4.42. The molecule has 0 bridgehead atoms. The highest BCUT2D eigenvalue weighted by molar-refractivity contribution is 7.90. The fourth-order valence-electron chi connectivity index (χ4n) is 1.69. The van der Waals surface area contributed by atoms with Crippen LogP contribution in [-0.2, 0) is 14.8 Å². The lowest BCUT2D eigenvalue weighted by molar-refractivity contribution is -0.124. The summed E-state index contributed by atoms with van der Waals surface area (Å²) in [5.41, 5.74) is 0.671. The maximum atomic E-state index is 12.0. The van der Waals surface area contributed by atoms with Gasteiger partial charge in [0, 0.05) is 13.1 Å². The standard InChI is InChI=1S/C12H16N2O3S/c1-9(10-5-3-2-4-6-10)18(16,17)14-12(15)11-7-13-8-11/h2-6,9,11,13H,7-8H2,1H3,(H,14,15). The molecule has 1 unspecified atom stereocenters. The molecule has 18 heavy (non-hydrogen) atoms. The van der Waals surface area contributed by atoms with Crippen LogP contribution in [0.3, 0.4) is 0 Å². The molecule has 1 aromatic rings. The molecule has 1 heterocycles. The second-order valence-corrected chi connectivity index (χ2v) is 6.42. The van der Waals surface area contributed by atoms with Crippen LogP contribution >= 0.6 is 0 Å². The van der Waals surface area contributed by atoms with Crippen LogP contribution < -0.4 is 10.0 Å². The lowest BCUT2D eigenvalue weighted by Gasteiger charge is -2.26. The molecule has 2 rings (SSSR count). The Morgan fingerprint density at radius 1 is 1.33 bits per heavy atom. The minimum Gasteiger partial charge on any atom is -0.315 e. The summed E-state index contributed by atoms with van der Waals surface area (Å²) in [4.78, 5) is 11.6. The first-order valence-electron chi connectivity index (χ1n) is 5.82. The molecule has 0 spiro atoms. The molecule has 0 saturated carbocycles. The number of carbonyl (C=O) groups is 1. The van der Waals surface area contributed by atoms with Crippen molar-refractivity contribution in [1.29, 1.82) is 0 Å². The van der Waals surface area contributed by atoms with Crippen molar-refractivity contribution in [3.63, 3.8) is 0 Å². The molecule has 1 amide bonds. The molecule has 1 atom stereocenters. The molecule has 1 saturated heterocycles. The average molecular weight is 268 g/mol. The van der Waals surface area contributed by atoms with Crippen LogP contribution in [0.5, 0.6) is 0 Å². The van der Waals surface area contributed by atoms with E-state index in [4.69, 9.17) is 0 Å². The molecule has 98 valence electrons. The van der Waals surface area contributed by atoms with Crippen LogP contribution in [-0.4, -0.2) is 27.4 Å². The van der Waals surface area contributed by atoms with Crippen LogP contribution in [0.25, 0.3) is 0 Å². The molecule has 0 radical (unpaired) electrons. The van der Waals surface area contributed by atoms with E-state index in [1.807, 2.05) is 6.07 Å². The van der Waals surface area contributed by atoms with Gasteiger partial charge in [-0.1, -0.05) is 30.3 Å². The minimum absolute atomic E-state index is 0.234. The lowest BCUT2D eigenvalue weighted by Crippen LogP contribution is -2.52. The van der Waals surface area contributed by atoms with Gasteiger partial charge in [0.25, 0.3) is 0 Å². The predicted molar refractivity (Wildman–Crippen MR) is 68.3 cm³/mol. The maximum Gasteiger partial charge on any atom is 0.241 e. The Hall–Kier alpha value is -1.40. The second kappa shape index (κ2) is 5.07. The number of hydrogen-bond acceptors (Lipinski definition) is 4. The van der Waals surface area contributed by atoms with Gasteiger partial charge >= 0.3 is 0 Å². The summed E-state index contributed by atoms with van der Waals surface area (Å²) in [7, 11) is -3.66. The van der Waals surface area contributed by atoms with Crippen LogP contribution in [0.4, 0.5) is 0 Å². The van der Waals surface area contributed by atoms with E-state index >= 15 is 0 Å². The van der Waals surface area contributed by atoms with Gasteiger partial charge in [-0.25, -0.2) is 8.42 Å². The van der Waals surface area contributed by atoms with Crippen LogP contribution in [0.1, 0.15) is 17.7 Å². The van der Waals surface area contributed by atoms with Crippen LogP contribution in [0.2, 0.25) is 0 Å². The molecule has 1 fully saturated rings. The summed E-state index contributed by atoms with van der Waals surface area (Å²) in [5, 5.41) is 2.19. The third-order valence-electron chi connectivity index (χ3n) is 3.13. The number of hydrogen-bond donors (Lipinski definition) is 2. The van der Waals surface area contributed by atoms with Gasteiger partial charge in [-0.3, -0.25) is 9.52 Å². The van der Waals surface area contributed by atoms with E-state index in [2.05, 4.69) is 10.0 Å². The monoisotopic (exact) mass is 268 g/mol. The first-order chi connectivity index (χ1) is 8.50. The number of amides is 1. The van der Waals surface area contributed by atoms with Crippen LogP contribution in [0.15, 0.2) is 30.3 Å². The van der Waals surface area contributed by atoms with Gasteiger partial charge in [0.05, 0.1) is 5.92 Å². The molecule has 2 N–H and O–H groups in total. The van der Waals surface area contributed by atoms with Crippen molar-refractivity contribution in [3.8, 4) is 0 Å². The van der Waals surface area contributed by atoms with Crippen molar-refractivity contribution >= 4 is 15.9 Å². The molecular weight excluding hydrogens is 252 g/mol. The van der Waals surface area contributed by atoms with E-state index in [0.29, 0.717) is 18.7 Å². The predicted octanol–water partition coefficient (Wildman–Crippen LogP) is 0.413. The van der Waals surface area contributed by atoms with Gasteiger partial charge in [0.2, 0.25) is 15.9 Å². The average Bonchev–Trinajstić information content (AvgIpc) is 2.26. The Bertz CT molecular complexity index is 524. The maximum absolute atomic E-state index is 12.0. The highest BCUT2D eigenvalue weighted by Gasteiger charge is 2.31. The summed E-state index contributed by atoms with van der Waals surface area (Å²) in [5.74, 6) is -0.653. The molecule has 1 aromatic carbocycles. The Morgan fingerprint density at radius 2 is 1.94 bits per heavy atom. The molecule has 0 aromatic heterocycles. The molecule has 1 aliphatic heterocycles. The third kappa shape index (κ3) is 2.70. The normalized spacial score (nSPS) is 17.8. The van der Waals surface area contributed by atoms with Crippen molar-refractivity contribution in [1.82, 2.24) is 10.0 Å². The van der Waals surface area contributed by atoms with Crippen molar-refractivity contribution in [2.45, 2.75) is 12.2 Å². The first kappa shape index (κ1) is 13.0. The lowest BCUT2D eigenvalue weighted by atomic mass is 10.0. The first-order valence-corrected chi connectivity index (χ1v) is 7.36. The fraction of sp³-hybridized carbons (Fsp3) is 0.417. The Labute approximate surface area is 107 Å². The molecule has 6 heteroatoms. The summed E-state index contributed by atoms with van der Waals surface area (Å²) >= 11 is 0. The van der Waals surface area contributed by atoms with E-state index in [-0.39, 0.29) is 5.92 Å². The van der Waals surface area contributed by atoms with Gasteiger partial charge in [-0.05, 0) is 12.5 Å². The third-order valence-corrected chi connectivity index (χ3v) is 4.82. The largest absolute Gasteiger partial charge is 0.315 e. The Morgan fingerprint density at radius 3 is 2.44 bits per heavy atom.